The summed E-state index contributed by atoms with van der Waals surface area (Å²) in [4.78, 5) is 26.3. The van der Waals surface area contributed by atoms with Gasteiger partial charge < -0.3 is 5.32 Å². The van der Waals surface area contributed by atoms with Crippen LogP contribution in [0.5, 0.6) is 0 Å². The van der Waals surface area contributed by atoms with Crippen LogP contribution in [0, 0.1) is 0 Å². The van der Waals surface area contributed by atoms with Crippen molar-refractivity contribution in [1.29, 1.82) is 0 Å². The van der Waals surface area contributed by atoms with E-state index in [1.807, 2.05) is 18.9 Å². The van der Waals surface area contributed by atoms with Crippen molar-refractivity contribution in [3.63, 3.8) is 0 Å². The molecule has 0 spiro atoms. The van der Waals surface area contributed by atoms with E-state index in [2.05, 4.69) is 41.8 Å². The Morgan fingerprint density at radius 2 is 1.72 bits per heavy atom. The Balaban J connectivity index is 1.79. The lowest BCUT2D eigenvalue weighted by Gasteiger charge is -2.25. The summed E-state index contributed by atoms with van der Waals surface area (Å²) in [6.07, 6.45) is 6.56. The highest BCUT2D eigenvalue weighted by Crippen LogP contribution is 2.17. The average Bonchev–Trinajstić information content (AvgIpc) is 2.62. The number of carbonyl (C=O) groups is 2. The van der Waals surface area contributed by atoms with E-state index in [9.17, 15) is 9.59 Å². The van der Waals surface area contributed by atoms with Crippen LogP contribution in [0.15, 0.2) is 24.3 Å². The van der Waals surface area contributed by atoms with E-state index in [0.29, 0.717) is 6.54 Å². The Morgan fingerprint density at radius 3 is 2.32 bits per heavy atom. The molecule has 0 heterocycles. The van der Waals surface area contributed by atoms with Gasteiger partial charge in [-0.3, -0.25) is 15.0 Å². The number of nitrogens with zero attached hydrogens (tertiary/aromatic N) is 1. The van der Waals surface area contributed by atoms with Crippen LogP contribution in [0.3, 0.4) is 0 Å². The molecular weight excluding hydrogens is 314 g/mol. The fourth-order valence-corrected chi connectivity index (χ4v) is 3.19. The molecular formula is C20H31N3O2. The smallest absolute Gasteiger partial charge is 0.321 e. The Bertz CT molecular complexity index is 565. The van der Waals surface area contributed by atoms with E-state index in [0.717, 1.165) is 37.7 Å². The van der Waals surface area contributed by atoms with Crippen LogP contribution >= 0.6 is 0 Å². The highest BCUT2D eigenvalue weighted by molar-refractivity contribution is 5.96. The fourth-order valence-electron chi connectivity index (χ4n) is 3.19. The van der Waals surface area contributed by atoms with E-state index in [1.165, 1.54) is 12.0 Å². The number of hydrogen-bond acceptors (Lipinski definition) is 3. The molecule has 0 radical (unpaired) electrons. The lowest BCUT2D eigenvalue weighted by molar-refractivity contribution is -0.124. The van der Waals surface area contributed by atoms with Crippen LogP contribution in [0.25, 0.3) is 0 Å². The zero-order chi connectivity index (χ0) is 18.2. The molecule has 0 saturated heterocycles. The second-order valence-corrected chi connectivity index (χ2v) is 7.06. The number of nitrogens with one attached hydrogen (secondary N) is 2. The molecule has 5 heteroatoms. The van der Waals surface area contributed by atoms with Gasteiger partial charge in [0.15, 0.2) is 0 Å². The highest BCUT2D eigenvalue weighted by atomic mass is 16.2. The van der Waals surface area contributed by atoms with Gasteiger partial charge in [0.1, 0.15) is 0 Å². The van der Waals surface area contributed by atoms with Gasteiger partial charge in [-0.1, -0.05) is 50.5 Å². The molecule has 0 aliphatic heterocycles. The van der Waals surface area contributed by atoms with Crippen LogP contribution in [0.1, 0.15) is 57.1 Å². The molecule has 1 atom stereocenters. The number of hydrogen-bond donors (Lipinski definition) is 2. The Labute approximate surface area is 151 Å². The molecule has 1 fully saturated rings. The van der Waals surface area contributed by atoms with Crippen LogP contribution in [0.4, 0.5) is 4.79 Å². The first kappa shape index (κ1) is 19.4. The van der Waals surface area contributed by atoms with Gasteiger partial charge in [0.25, 0.3) is 0 Å². The van der Waals surface area contributed by atoms with Crippen molar-refractivity contribution >= 4 is 11.9 Å². The van der Waals surface area contributed by atoms with Crippen LogP contribution < -0.4 is 10.6 Å². The molecule has 0 unspecified atom stereocenters. The number of urea groups is 1. The first-order valence-electron chi connectivity index (χ1n) is 9.39. The molecule has 2 N–H and O–H groups in total. The molecule has 2 rings (SSSR count). The van der Waals surface area contributed by atoms with Crippen molar-refractivity contribution in [3.8, 4) is 0 Å². The molecule has 1 aromatic rings. The lowest BCUT2D eigenvalue weighted by Crippen LogP contribution is -2.50. The van der Waals surface area contributed by atoms with Gasteiger partial charge in [-0.2, -0.15) is 0 Å². The van der Waals surface area contributed by atoms with Gasteiger partial charge in [0, 0.05) is 12.6 Å². The van der Waals surface area contributed by atoms with Crippen molar-refractivity contribution in [1.82, 2.24) is 15.5 Å². The molecule has 0 aromatic heterocycles. The molecule has 25 heavy (non-hydrogen) atoms. The maximum atomic E-state index is 12.3. The predicted molar refractivity (Wildman–Crippen MR) is 100 cm³/mol. The minimum Gasteiger partial charge on any atom is -0.335 e. The molecule has 3 amide bonds. The molecule has 0 bridgehead atoms. The molecule has 138 valence electrons. The second-order valence-electron chi connectivity index (χ2n) is 7.06. The molecule has 1 aliphatic carbocycles. The van der Waals surface area contributed by atoms with E-state index in [1.54, 1.807) is 0 Å². The number of benzene rings is 1. The third-order valence-electron chi connectivity index (χ3n) is 5.08. The van der Waals surface area contributed by atoms with Crippen LogP contribution in [-0.2, 0) is 17.8 Å². The average molecular weight is 345 g/mol. The Kier molecular flexibility index (Phi) is 7.44. The standard InChI is InChI=1S/C20H31N3O2/c1-4-16-10-12-17(13-11-16)14-23(3)15(2)19(24)22-20(25)21-18-8-6-5-7-9-18/h10-13,15,18H,4-9,14H2,1-3H3,(H2,21,22,24,25)/t15-/m0/s1. The summed E-state index contributed by atoms with van der Waals surface area (Å²) in [5, 5.41) is 5.40. The van der Waals surface area contributed by atoms with Gasteiger partial charge >= 0.3 is 6.03 Å². The number of aryl methyl sites for hydroxylation is 1. The minimum atomic E-state index is -0.372. The lowest BCUT2D eigenvalue weighted by atomic mass is 9.96. The Morgan fingerprint density at radius 1 is 1.12 bits per heavy atom. The van der Waals surface area contributed by atoms with Gasteiger partial charge in [0.05, 0.1) is 6.04 Å². The SMILES string of the molecule is CCc1ccc(CN(C)[C@@H](C)C(=O)NC(=O)NC2CCCCC2)cc1. The molecule has 5 nitrogen and oxygen atoms in total. The Hall–Kier alpha value is -1.88. The van der Waals surface area contributed by atoms with Gasteiger partial charge in [-0.25, -0.2) is 4.79 Å². The van der Waals surface area contributed by atoms with Crippen molar-refractivity contribution in [2.24, 2.45) is 0 Å². The predicted octanol–water partition coefficient (Wildman–Crippen LogP) is 3.23. The fraction of sp³-hybridized carbons (Fsp3) is 0.600. The van der Waals surface area contributed by atoms with Gasteiger partial charge in [-0.15, -0.1) is 0 Å². The second kappa shape index (κ2) is 9.56. The molecule has 1 aromatic carbocycles. The summed E-state index contributed by atoms with van der Waals surface area (Å²) in [6, 6.07) is 7.88. The minimum absolute atomic E-state index is 0.201. The molecule has 1 aliphatic rings. The van der Waals surface area contributed by atoms with Crippen molar-refractivity contribution in [2.45, 2.75) is 71.0 Å². The molecule has 1 saturated carbocycles. The largest absolute Gasteiger partial charge is 0.335 e. The number of rotatable bonds is 6. The third-order valence-corrected chi connectivity index (χ3v) is 5.08. The van der Waals surface area contributed by atoms with E-state index in [4.69, 9.17) is 0 Å². The zero-order valence-electron chi connectivity index (χ0n) is 15.7. The van der Waals surface area contributed by atoms with Gasteiger partial charge in [0.2, 0.25) is 5.91 Å². The maximum Gasteiger partial charge on any atom is 0.321 e. The summed E-state index contributed by atoms with van der Waals surface area (Å²) < 4.78 is 0. The summed E-state index contributed by atoms with van der Waals surface area (Å²) in [5.74, 6) is -0.263. The zero-order valence-corrected chi connectivity index (χ0v) is 15.7. The summed E-state index contributed by atoms with van der Waals surface area (Å²) in [5.41, 5.74) is 2.46. The van der Waals surface area contributed by atoms with Gasteiger partial charge in [-0.05, 0) is 44.4 Å². The first-order chi connectivity index (χ1) is 12.0. The van der Waals surface area contributed by atoms with E-state index >= 15 is 0 Å². The highest BCUT2D eigenvalue weighted by Gasteiger charge is 2.22. The summed E-state index contributed by atoms with van der Waals surface area (Å²) >= 11 is 0. The maximum absolute atomic E-state index is 12.3. The number of likely N-dealkylation sites (N-methyl/N-ethyl adjacent to an activating group) is 1. The van der Waals surface area contributed by atoms with Crippen LogP contribution in [0.2, 0.25) is 0 Å². The van der Waals surface area contributed by atoms with Crippen molar-refractivity contribution in [2.75, 3.05) is 7.05 Å². The topological polar surface area (TPSA) is 61.4 Å². The van der Waals surface area contributed by atoms with E-state index < -0.39 is 0 Å². The monoisotopic (exact) mass is 345 g/mol. The van der Waals surface area contributed by atoms with E-state index in [-0.39, 0.29) is 24.0 Å². The summed E-state index contributed by atoms with van der Waals surface area (Å²) in [7, 11) is 1.90. The number of amides is 3. The van der Waals surface area contributed by atoms with Crippen LogP contribution in [-0.4, -0.2) is 36.0 Å². The first-order valence-corrected chi connectivity index (χ1v) is 9.39. The van der Waals surface area contributed by atoms with Crippen molar-refractivity contribution in [3.05, 3.63) is 35.4 Å². The number of carbonyl (C=O) groups excluding carboxylic acids is 2. The normalized spacial score (nSPS) is 16.5. The van der Waals surface area contributed by atoms with Crippen molar-refractivity contribution < 1.29 is 9.59 Å². The quantitative estimate of drug-likeness (QED) is 0.832. The number of imide groups is 1. The third kappa shape index (κ3) is 6.16. The summed E-state index contributed by atoms with van der Waals surface area (Å²) in [6.45, 7) is 4.62.